The SMILES string of the molecule is [C]#CC(CCC)c1cnccn1. The number of nitrogens with zero attached hydrogens (tertiary/aromatic N) is 2. The molecule has 0 aliphatic heterocycles. The summed E-state index contributed by atoms with van der Waals surface area (Å²) in [4.78, 5) is 8.07. The van der Waals surface area contributed by atoms with Gasteiger partial charge in [-0.05, 0) is 12.8 Å². The molecule has 0 aromatic carbocycles. The maximum atomic E-state index is 7.08. The van der Waals surface area contributed by atoms with Crippen LogP contribution < -0.4 is 0 Å². The van der Waals surface area contributed by atoms with E-state index < -0.39 is 0 Å². The normalized spacial score (nSPS) is 12.0. The Kier molecular flexibility index (Phi) is 3.28. The average molecular weight is 159 g/mol. The van der Waals surface area contributed by atoms with E-state index in [2.05, 4.69) is 22.8 Å². The second-order valence-electron chi connectivity index (χ2n) is 2.62. The molecule has 2 nitrogen and oxygen atoms in total. The van der Waals surface area contributed by atoms with Crippen LogP contribution in [-0.4, -0.2) is 9.97 Å². The molecule has 0 N–H and O–H groups in total. The van der Waals surface area contributed by atoms with Gasteiger partial charge in [-0.2, -0.15) is 0 Å². The van der Waals surface area contributed by atoms with Crippen LogP contribution in [0.15, 0.2) is 18.6 Å². The third kappa shape index (κ3) is 2.06. The van der Waals surface area contributed by atoms with Gasteiger partial charge in [0.05, 0.1) is 11.6 Å². The highest BCUT2D eigenvalue weighted by Crippen LogP contribution is 2.16. The van der Waals surface area contributed by atoms with Gasteiger partial charge in [-0.3, -0.25) is 9.97 Å². The van der Waals surface area contributed by atoms with E-state index in [1.165, 1.54) is 0 Å². The Morgan fingerprint density at radius 2 is 2.42 bits per heavy atom. The molecule has 0 spiro atoms. The van der Waals surface area contributed by atoms with Crippen LogP contribution in [0.5, 0.6) is 0 Å². The fourth-order valence-corrected chi connectivity index (χ4v) is 1.07. The lowest BCUT2D eigenvalue weighted by atomic mass is 10.0. The molecule has 1 aromatic heterocycles. The maximum absolute atomic E-state index is 7.08. The Labute approximate surface area is 73.1 Å². The predicted molar refractivity (Wildman–Crippen MR) is 46.8 cm³/mol. The Hall–Kier alpha value is -1.36. The summed E-state index contributed by atoms with van der Waals surface area (Å²) in [5.41, 5.74) is 0.842. The monoisotopic (exact) mass is 159 g/mol. The third-order valence-electron chi connectivity index (χ3n) is 1.69. The quantitative estimate of drug-likeness (QED) is 0.630. The van der Waals surface area contributed by atoms with Crippen LogP contribution in [0.3, 0.4) is 0 Å². The first kappa shape index (κ1) is 8.73. The van der Waals surface area contributed by atoms with Gasteiger partial charge in [-0.15, -0.1) is 0 Å². The molecular formula is C10H11N2. The second-order valence-corrected chi connectivity index (χ2v) is 2.62. The van der Waals surface area contributed by atoms with Crippen LogP contribution in [0, 0.1) is 12.3 Å². The van der Waals surface area contributed by atoms with Crippen molar-refractivity contribution in [3.8, 4) is 5.92 Å². The molecule has 0 saturated heterocycles. The summed E-state index contributed by atoms with van der Waals surface area (Å²) < 4.78 is 0. The number of hydrogen-bond donors (Lipinski definition) is 0. The lowest BCUT2D eigenvalue weighted by Gasteiger charge is -2.06. The van der Waals surface area contributed by atoms with E-state index in [0.29, 0.717) is 0 Å². The van der Waals surface area contributed by atoms with Gasteiger partial charge in [0.1, 0.15) is 0 Å². The topological polar surface area (TPSA) is 25.8 Å². The van der Waals surface area contributed by atoms with Crippen LogP contribution >= 0.6 is 0 Å². The third-order valence-corrected chi connectivity index (χ3v) is 1.69. The smallest absolute Gasteiger partial charge is 0.0737 e. The van der Waals surface area contributed by atoms with Crippen LogP contribution in [0.1, 0.15) is 31.4 Å². The number of rotatable bonds is 3. The van der Waals surface area contributed by atoms with Crippen molar-refractivity contribution in [1.29, 1.82) is 0 Å². The zero-order chi connectivity index (χ0) is 8.81. The average Bonchev–Trinajstić information content (AvgIpc) is 2.15. The first-order valence-corrected chi connectivity index (χ1v) is 4.06. The van der Waals surface area contributed by atoms with Gasteiger partial charge >= 0.3 is 0 Å². The Morgan fingerprint density at radius 1 is 1.58 bits per heavy atom. The van der Waals surface area contributed by atoms with Gasteiger partial charge in [0.25, 0.3) is 0 Å². The molecule has 1 radical (unpaired) electrons. The van der Waals surface area contributed by atoms with Crippen LogP contribution in [-0.2, 0) is 0 Å². The van der Waals surface area contributed by atoms with Crippen molar-refractivity contribution in [2.75, 3.05) is 0 Å². The van der Waals surface area contributed by atoms with Crippen molar-refractivity contribution in [1.82, 2.24) is 9.97 Å². The Bertz CT molecular complexity index is 261. The molecule has 1 heterocycles. The molecule has 0 amide bonds. The van der Waals surface area contributed by atoms with Gasteiger partial charge in [-0.1, -0.05) is 19.3 Å². The molecule has 1 rings (SSSR count). The summed E-state index contributed by atoms with van der Waals surface area (Å²) in [5.74, 6) is 2.48. The van der Waals surface area contributed by atoms with Crippen molar-refractivity contribution in [2.45, 2.75) is 25.7 Å². The van der Waals surface area contributed by atoms with E-state index in [1.54, 1.807) is 18.6 Å². The molecule has 0 saturated carbocycles. The lowest BCUT2D eigenvalue weighted by Crippen LogP contribution is -1.98. The van der Waals surface area contributed by atoms with Gasteiger partial charge in [0, 0.05) is 18.6 Å². The molecule has 0 bridgehead atoms. The summed E-state index contributed by atoms with van der Waals surface area (Å²) >= 11 is 0. The highest BCUT2D eigenvalue weighted by Gasteiger charge is 2.07. The summed E-state index contributed by atoms with van der Waals surface area (Å²) in [6.07, 6.45) is 14.0. The molecule has 1 unspecified atom stereocenters. The summed E-state index contributed by atoms with van der Waals surface area (Å²) in [6.45, 7) is 2.08. The molecule has 12 heavy (non-hydrogen) atoms. The summed E-state index contributed by atoms with van der Waals surface area (Å²) in [6, 6.07) is 0. The first-order chi connectivity index (χ1) is 5.88. The summed E-state index contributed by atoms with van der Waals surface area (Å²) in [7, 11) is 0. The number of aromatic nitrogens is 2. The minimum Gasteiger partial charge on any atom is -0.261 e. The predicted octanol–water partition coefficient (Wildman–Crippen LogP) is 1.95. The second kappa shape index (κ2) is 4.50. The van der Waals surface area contributed by atoms with Crippen molar-refractivity contribution in [3.63, 3.8) is 0 Å². The van der Waals surface area contributed by atoms with E-state index in [4.69, 9.17) is 6.42 Å². The van der Waals surface area contributed by atoms with E-state index in [9.17, 15) is 0 Å². The Balaban J connectivity index is 2.75. The van der Waals surface area contributed by atoms with Gasteiger partial charge in [0.15, 0.2) is 0 Å². The molecule has 61 valence electrons. The molecule has 1 atom stereocenters. The number of hydrogen-bond acceptors (Lipinski definition) is 2. The van der Waals surface area contributed by atoms with Crippen molar-refractivity contribution in [2.24, 2.45) is 0 Å². The summed E-state index contributed by atoms with van der Waals surface area (Å²) in [5, 5.41) is 0. The van der Waals surface area contributed by atoms with Crippen molar-refractivity contribution in [3.05, 3.63) is 30.7 Å². The lowest BCUT2D eigenvalue weighted by molar-refractivity contribution is 0.711. The van der Waals surface area contributed by atoms with Crippen LogP contribution in [0.2, 0.25) is 0 Å². The van der Waals surface area contributed by atoms with Crippen molar-refractivity contribution >= 4 is 0 Å². The largest absolute Gasteiger partial charge is 0.261 e. The van der Waals surface area contributed by atoms with E-state index in [-0.39, 0.29) is 5.92 Å². The van der Waals surface area contributed by atoms with Gasteiger partial charge in [0.2, 0.25) is 0 Å². The molecular weight excluding hydrogens is 148 g/mol. The minimum absolute atomic E-state index is 0.0173. The molecule has 0 fully saturated rings. The Morgan fingerprint density at radius 3 is 2.92 bits per heavy atom. The van der Waals surface area contributed by atoms with Crippen LogP contribution in [0.4, 0.5) is 0 Å². The fraction of sp³-hybridized carbons (Fsp3) is 0.400. The zero-order valence-electron chi connectivity index (χ0n) is 7.12. The fourth-order valence-electron chi connectivity index (χ4n) is 1.07. The molecule has 0 aliphatic carbocycles. The van der Waals surface area contributed by atoms with E-state index in [1.807, 2.05) is 0 Å². The molecule has 0 aliphatic rings. The van der Waals surface area contributed by atoms with Gasteiger partial charge < -0.3 is 0 Å². The minimum atomic E-state index is 0.0173. The standard InChI is InChI=1S/C10H11N2/c1-3-5-9(4-2)10-8-11-6-7-12-10/h6-9H,3,5H2,1H3. The highest BCUT2D eigenvalue weighted by molar-refractivity contribution is 5.13. The van der Waals surface area contributed by atoms with Crippen LogP contribution in [0.25, 0.3) is 0 Å². The molecule has 1 aromatic rings. The van der Waals surface area contributed by atoms with Gasteiger partial charge in [-0.25, -0.2) is 0 Å². The first-order valence-electron chi connectivity index (χ1n) is 4.06. The van der Waals surface area contributed by atoms with E-state index in [0.717, 1.165) is 18.5 Å². The van der Waals surface area contributed by atoms with Crippen molar-refractivity contribution < 1.29 is 0 Å². The zero-order valence-corrected chi connectivity index (χ0v) is 7.12. The van der Waals surface area contributed by atoms with E-state index >= 15 is 0 Å². The highest BCUT2D eigenvalue weighted by atomic mass is 14.8. The molecule has 2 heteroatoms. The maximum Gasteiger partial charge on any atom is 0.0737 e.